The molecule has 0 spiro atoms. The number of rotatable bonds is 5. The third-order valence-electron chi connectivity index (χ3n) is 1.88. The second-order valence-electron chi connectivity index (χ2n) is 2.91. The fourth-order valence-corrected chi connectivity index (χ4v) is 2.39. The van der Waals surface area contributed by atoms with Crippen LogP contribution in [0, 0.1) is 0 Å². The summed E-state index contributed by atoms with van der Waals surface area (Å²) < 4.78 is 10.9. The number of nitrogens with two attached hydrogens (primary N) is 1. The molecule has 14 heavy (non-hydrogen) atoms. The van der Waals surface area contributed by atoms with Gasteiger partial charge in [0.15, 0.2) is 6.29 Å². The number of hydrogen-bond donors (Lipinski definition) is 1. The minimum Gasteiger partial charge on any atom is -0.354 e. The third-order valence-corrected chi connectivity index (χ3v) is 3.13. The molecule has 0 radical (unpaired) electrons. The number of hydrogen-bond acceptors (Lipinski definition) is 4. The third kappa shape index (κ3) is 3.22. The monoisotopic (exact) mass is 235 g/mol. The SMILES string of the molecule is COC(OC)C(N)Cc1ccc(Cl)s1. The lowest BCUT2D eigenvalue weighted by Gasteiger charge is -2.20. The second-order valence-corrected chi connectivity index (χ2v) is 4.71. The van der Waals surface area contributed by atoms with Crippen molar-refractivity contribution in [2.24, 2.45) is 5.73 Å². The molecule has 5 heteroatoms. The van der Waals surface area contributed by atoms with Crippen molar-refractivity contribution in [3.8, 4) is 0 Å². The van der Waals surface area contributed by atoms with E-state index < -0.39 is 0 Å². The van der Waals surface area contributed by atoms with Crippen LogP contribution in [0.3, 0.4) is 0 Å². The maximum absolute atomic E-state index is 5.89. The molecular weight excluding hydrogens is 222 g/mol. The van der Waals surface area contributed by atoms with E-state index in [-0.39, 0.29) is 12.3 Å². The Morgan fingerprint density at radius 2 is 2.07 bits per heavy atom. The van der Waals surface area contributed by atoms with Gasteiger partial charge in [0.1, 0.15) is 0 Å². The van der Waals surface area contributed by atoms with Crippen LogP contribution in [0.2, 0.25) is 4.34 Å². The Morgan fingerprint density at radius 1 is 1.43 bits per heavy atom. The van der Waals surface area contributed by atoms with Gasteiger partial charge >= 0.3 is 0 Å². The minimum absolute atomic E-state index is 0.167. The Hall–Kier alpha value is -0.130. The Labute approximate surface area is 92.8 Å². The van der Waals surface area contributed by atoms with Gasteiger partial charge < -0.3 is 15.2 Å². The van der Waals surface area contributed by atoms with Gasteiger partial charge in [0.25, 0.3) is 0 Å². The first kappa shape index (κ1) is 11.9. The predicted octanol–water partition coefficient (Wildman–Crippen LogP) is 1.89. The lowest BCUT2D eigenvalue weighted by atomic mass is 10.2. The first-order valence-corrected chi connectivity index (χ1v) is 5.42. The van der Waals surface area contributed by atoms with Crippen molar-refractivity contribution in [3.63, 3.8) is 0 Å². The van der Waals surface area contributed by atoms with E-state index in [0.29, 0.717) is 6.42 Å². The standard InChI is InChI=1S/C9H14ClNO2S/c1-12-9(13-2)7(11)5-6-3-4-8(10)14-6/h3-4,7,9H,5,11H2,1-2H3. The fraction of sp³-hybridized carbons (Fsp3) is 0.556. The van der Waals surface area contributed by atoms with Gasteiger partial charge in [-0.3, -0.25) is 0 Å². The van der Waals surface area contributed by atoms with Crippen LogP contribution in [0.25, 0.3) is 0 Å². The van der Waals surface area contributed by atoms with Gasteiger partial charge in [0.2, 0.25) is 0 Å². The van der Waals surface area contributed by atoms with Crippen LogP contribution >= 0.6 is 22.9 Å². The second kappa shape index (κ2) is 5.68. The zero-order chi connectivity index (χ0) is 10.6. The smallest absolute Gasteiger partial charge is 0.172 e. The first-order valence-electron chi connectivity index (χ1n) is 4.22. The minimum atomic E-state index is -0.365. The van der Waals surface area contributed by atoms with Gasteiger partial charge in [0, 0.05) is 25.5 Å². The van der Waals surface area contributed by atoms with Gasteiger partial charge in [-0.05, 0) is 12.1 Å². The van der Waals surface area contributed by atoms with E-state index in [4.69, 9.17) is 26.8 Å². The van der Waals surface area contributed by atoms with Crippen LogP contribution in [0.5, 0.6) is 0 Å². The average molecular weight is 236 g/mol. The highest BCUT2D eigenvalue weighted by molar-refractivity contribution is 7.16. The molecule has 1 atom stereocenters. The lowest BCUT2D eigenvalue weighted by molar-refractivity contribution is -0.115. The summed E-state index contributed by atoms with van der Waals surface area (Å²) in [6.07, 6.45) is 0.347. The van der Waals surface area contributed by atoms with Crippen LogP contribution < -0.4 is 5.73 Å². The molecule has 1 rings (SSSR count). The van der Waals surface area contributed by atoms with E-state index in [2.05, 4.69) is 0 Å². The molecule has 0 saturated carbocycles. The first-order chi connectivity index (χ1) is 6.67. The average Bonchev–Trinajstić information content (AvgIpc) is 2.53. The molecule has 0 amide bonds. The summed E-state index contributed by atoms with van der Waals surface area (Å²) in [5, 5.41) is 0. The molecule has 0 bridgehead atoms. The van der Waals surface area contributed by atoms with E-state index in [1.807, 2.05) is 12.1 Å². The van der Waals surface area contributed by atoms with Crippen molar-refractivity contribution >= 4 is 22.9 Å². The lowest BCUT2D eigenvalue weighted by Crippen LogP contribution is -2.38. The molecule has 0 aliphatic heterocycles. The highest BCUT2D eigenvalue weighted by Crippen LogP contribution is 2.22. The zero-order valence-electron chi connectivity index (χ0n) is 8.20. The molecular formula is C9H14ClNO2S. The van der Waals surface area contributed by atoms with Crippen LogP contribution in [0.1, 0.15) is 4.88 Å². The van der Waals surface area contributed by atoms with Gasteiger partial charge in [0.05, 0.1) is 10.4 Å². The van der Waals surface area contributed by atoms with Crippen molar-refractivity contribution < 1.29 is 9.47 Å². The maximum Gasteiger partial charge on any atom is 0.172 e. The molecule has 3 nitrogen and oxygen atoms in total. The van der Waals surface area contributed by atoms with E-state index in [0.717, 1.165) is 9.21 Å². The number of ether oxygens (including phenoxy) is 2. The summed E-state index contributed by atoms with van der Waals surface area (Å²) in [6, 6.07) is 3.66. The predicted molar refractivity (Wildman–Crippen MR) is 58.8 cm³/mol. The summed E-state index contributed by atoms with van der Waals surface area (Å²) >= 11 is 7.34. The summed E-state index contributed by atoms with van der Waals surface area (Å²) in [5.41, 5.74) is 5.89. The molecule has 1 aromatic heterocycles. The number of methoxy groups -OCH3 is 2. The van der Waals surface area contributed by atoms with E-state index in [9.17, 15) is 0 Å². The topological polar surface area (TPSA) is 44.5 Å². The fourth-order valence-electron chi connectivity index (χ4n) is 1.24. The molecule has 0 fully saturated rings. The van der Waals surface area contributed by atoms with Gasteiger partial charge in [-0.15, -0.1) is 11.3 Å². The Balaban J connectivity index is 2.51. The normalized spacial score (nSPS) is 13.5. The summed E-state index contributed by atoms with van der Waals surface area (Å²) in [5.74, 6) is 0. The quantitative estimate of drug-likeness (QED) is 0.793. The van der Waals surface area contributed by atoms with Crippen LogP contribution in [0.15, 0.2) is 12.1 Å². The number of thiophene rings is 1. The molecule has 80 valence electrons. The van der Waals surface area contributed by atoms with Crippen molar-refractivity contribution in [2.45, 2.75) is 18.8 Å². The molecule has 0 saturated heterocycles. The summed E-state index contributed by atoms with van der Waals surface area (Å²) in [7, 11) is 3.16. The van der Waals surface area contributed by atoms with Gasteiger partial charge in [-0.25, -0.2) is 0 Å². The van der Waals surface area contributed by atoms with Gasteiger partial charge in [-0.1, -0.05) is 11.6 Å². The largest absolute Gasteiger partial charge is 0.354 e. The highest BCUT2D eigenvalue weighted by atomic mass is 35.5. The molecule has 0 aromatic carbocycles. The van der Waals surface area contributed by atoms with E-state index >= 15 is 0 Å². The van der Waals surface area contributed by atoms with Crippen LogP contribution in [-0.4, -0.2) is 26.6 Å². The Bertz CT molecular complexity index is 276. The zero-order valence-corrected chi connectivity index (χ0v) is 9.77. The van der Waals surface area contributed by atoms with Crippen LogP contribution in [0.4, 0.5) is 0 Å². The Kier molecular flexibility index (Phi) is 4.84. The molecule has 1 unspecified atom stereocenters. The summed E-state index contributed by atoms with van der Waals surface area (Å²) in [6.45, 7) is 0. The van der Waals surface area contributed by atoms with E-state index in [1.54, 1.807) is 14.2 Å². The van der Waals surface area contributed by atoms with E-state index in [1.165, 1.54) is 11.3 Å². The Morgan fingerprint density at radius 3 is 2.50 bits per heavy atom. The summed E-state index contributed by atoms with van der Waals surface area (Å²) in [4.78, 5) is 1.14. The van der Waals surface area contributed by atoms with Crippen molar-refractivity contribution in [3.05, 3.63) is 21.3 Å². The molecule has 2 N–H and O–H groups in total. The highest BCUT2D eigenvalue weighted by Gasteiger charge is 2.17. The maximum atomic E-state index is 5.89. The van der Waals surface area contributed by atoms with Crippen molar-refractivity contribution in [1.82, 2.24) is 0 Å². The molecule has 0 aliphatic rings. The molecule has 1 aromatic rings. The molecule has 1 heterocycles. The molecule has 0 aliphatic carbocycles. The van der Waals surface area contributed by atoms with Crippen molar-refractivity contribution in [1.29, 1.82) is 0 Å². The van der Waals surface area contributed by atoms with Crippen LogP contribution in [-0.2, 0) is 15.9 Å². The number of halogens is 1. The van der Waals surface area contributed by atoms with Crippen molar-refractivity contribution in [2.75, 3.05) is 14.2 Å². The van der Waals surface area contributed by atoms with Gasteiger partial charge in [-0.2, -0.15) is 0 Å².